The standard InChI is InChI=1S/C15H19FN2O3/c1-2-21-15(20)18-9-7-11(8-10-18)17-14(19)12-5-3-4-6-13(12)16/h3-6,11H,2,7-10H2,1H3,(H,17,19). The molecule has 21 heavy (non-hydrogen) atoms. The molecule has 1 heterocycles. The SMILES string of the molecule is CCOC(=O)N1CCC(NC(=O)c2ccccc2F)CC1. The Morgan fingerprint density at radius 1 is 1.33 bits per heavy atom. The van der Waals surface area contributed by atoms with E-state index in [9.17, 15) is 14.0 Å². The molecular formula is C15H19FN2O3. The average Bonchev–Trinajstić information content (AvgIpc) is 2.48. The van der Waals surface area contributed by atoms with E-state index in [0.717, 1.165) is 0 Å². The zero-order chi connectivity index (χ0) is 15.2. The zero-order valence-electron chi connectivity index (χ0n) is 12.0. The number of rotatable bonds is 3. The van der Waals surface area contributed by atoms with Crippen LogP contribution in [0.4, 0.5) is 9.18 Å². The van der Waals surface area contributed by atoms with Gasteiger partial charge in [0.2, 0.25) is 0 Å². The predicted molar refractivity (Wildman–Crippen MR) is 75.5 cm³/mol. The van der Waals surface area contributed by atoms with Gasteiger partial charge in [-0.05, 0) is 31.9 Å². The molecule has 1 aliphatic heterocycles. The summed E-state index contributed by atoms with van der Waals surface area (Å²) in [4.78, 5) is 25.2. The fourth-order valence-electron chi connectivity index (χ4n) is 2.33. The van der Waals surface area contributed by atoms with E-state index in [2.05, 4.69) is 5.32 Å². The molecule has 0 radical (unpaired) electrons. The number of hydrogen-bond acceptors (Lipinski definition) is 3. The number of nitrogens with one attached hydrogen (secondary N) is 1. The number of ether oxygens (including phenoxy) is 1. The number of carbonyl (C=O) groups is 2. The van der Waals surface area contributed by atoms with Gasteiger partial charge in [0.05, 0.1) is 12.2 Å². The molecule has 0 saturated carbocycles. The van der Waals surface area contributed by atoms with E-state index < -0.39 is 11.7 Å². The Morgan fingerprint density at radius 3 is 2.62 bits per heavy atom. The summed E-state index contributed by atoms with van der Waals surface area (Å²) >= 11 is 0. The summed E-state index contributed by atoms with van der Waals surface area (Å²) in [6.45, 7) is 3.17. The molecule has 1 aromatic carbocycles. The van der Waals surface area contributed by atoms with Crippen molar-refractivity contribution in [2.75, 3.05) is 19.7 Å². The number of halogens is 1. The van der Waals surface area contributed by atoms with Crippen LogP contribution in [0.5, 0.6) is 0 Å². The van der Waals surface area contributed by atoms with Crippen LogP contribution >= 0.6 is 0 Å². The highest BCUT2D eigenvalue weighted by Crippen LogP contribution is 2.13. The maximum absolute atomic E-state index is 13.5. The van der Waals surface area contributed by atoms with Gasteiger partial charge in [-0.1, -0.05) is 12.1 Å². The lowest BCUT2D eigenvalue weighted by atomic mass is 10.0. The number of benzene rings is 1. The fraction of sp³-hybridized carbons (Fsp3) is 0.467. The fourth-order valence-corrected chi connectivity index (χ4v) is 2.33. The van der Waals surface area contributed by atoms with Crippen LogP contribution in [0.15, 0.2) is 24.3 Å². The van der Waals surface area contributed by atoms with E-state index in [0.29, 0.717) is 32.5 Å². The number of carbonyl (C=O) groups excluding carboxylic acids is 2. The van der Waals surface area contributed by atoms with Gasteiger partial charge < -0.3 is 15.0 Å². The summed E-state index contributed by atoms with van der Waals surface area (Å²) in [5.74, 6) is -0.943. The van der Waals surface area contributed by atoms with Gasteiger partial charge in [-0.3, -0.25) is 4.79 Å². The summed E-state index contributed by atoms with van der Waals surface area (Å²) in [6.07, 6.45) is 0.953. The van der Waals surface area contributed by atoms with Crippen molar-refractivity contribution < 1.29 is 18.7 Å². The van der Waals surface area contributed by atoms with E-state index in [-0.39, 0.29) is 17.7 Å². The smallest absolute Gasteiger partial charge is 0.409 e. The van der Waals surface area contributed by atoms with Crippen molar-refractivity contribution in [2.45, 2.75) is 25.8 Å². The molecule has 0 aromatic heterocycles. The van der Waals surface area contributed by atoms with Crippen molar-refractivity contribution in [1.29, 1.82) is 0 Å². The van der Waals surface area contributed by atoms with Crippen molar-refractivity contribution >= 4 is 12.0 Å². The number of likely N-dealkylation sites (tertiary alicyclic amines) is 1. The minimum atomic E-state index is -0.529. The highest BCUT2D eigenvalue weighted by atomic mass is 19.1. The Hall–Kier alpha value is -2.11. The summed E-state index contributed by atoms with van der Waals surface area (Å²) in [5, 5.41) is 2.81. The van der Waals surface area contributed by atoms with E-state index in [1.54, 1.807) is 24.0 Å². The van der Waals surface area contributed by atoms with Crippen molar-refractivity contribution in [3.8, 4) is 0 Å². The van der Waals surface area contributed by atoms with Crippen LogP contribution < -0.4 is 5.32 Å². The van der Waals surface area contributed by atoms with E-state index in [1.165, 1.54) is 12.1 Å². The van der Waals surface area contributed by atoms with Gasteiger partial charge in [0.15, 0.2) is 0 Å². The van der Waals surface area contributed by atoms with Crippen molar-refractivity contribution in [3.63, 3.8) is 0 Å². The van der Waals surface area contributed by atoms with E-state index in [1.807, 2.05) is 0 Å². The highest BCUT2D eigenvalue weighted by molar-refractivity contribution is 5.94. The lowest BCUT2D eigenvalue weighted by Gasteiger charge is -2.31. The summed E-state index contributed by atoms with van der Waals surface area (Å²) in [5.41, 5.74) is 0.0466. The third-order valence-corrected chi connectivity index (χ3v) is 3.47. The van der Waals surface area contributed by atoms with Gasteiger partial charge in [-0.25, -0.2) is 9.18 Å². The second kappa shape index (κ2) is 7.06. The summed E-state index contributed by atoms with van der Waals surface area (Å²) in [7, 11) is 0. The van der Waals surface area contributed by atoms with Gasteiger partial charge in [0, 0.05) is 19.1 Å². The zero-order valence-corrected chi connectivity index (χ0v) is 12.0. The molecule has 0 atom stereocenters. The first-order valence-electron chi connectivity index (χ1n) is 7.09. The molecule has 2 amide bonds. The second-order valence-electron chi connectivity index (χ2n) is 4.91. The quantitative estimate of drug-likeness (QED) is 0.929. The van der Waals surface area contributed by atoms with Gasteiger partial charge >= 0.3 is 6.09 Å². The Kier molecular flexibility index (Phi) is 5.14. The van der Waals surface area contributed by atoms with Crippen molar-refractivity contribution in [1.82, 2.24) is 10.2 Å². The predicted octanol–water partition coefficient (Wildman–Crippen LogP) is 2.18. The van der Waals surface area contributed by atoms with Crippen molar-refractivity contribution in [2.24, 2.45) is 0 Å². The van der Waals surface area contributed by atoms with Crippen LogP contribution in [0.2, 0.25) is 0 Å². The topological polar surface area (TPSA) is 58.6 Å². The largest absolute Gasteiger partial charge is 0.450 e. The molecule has 1 N–H and O–H groups in total. The van der Waals surface area contributed by atoms with E-state index >= 15 is 0 Å². The minimum absolute atomic E-state index is 0.0466. The third-order valence-electron chi connectivity index (χ3n) is 3.47. The van der Waals surface area contributed by atoms with Crippen LogP contribution in [-0.4, -0.2) is 42.6 Å². The molecule has 0 spiro atoms. The molecule has 114 valence electrons. The Balaban J connectivity index is 1.85. The molecule has 5 nitrogen and oxygen atoms in total. The molecule has 0 bridgehead atoms. The van der Waals surface area contributed by atoms with Gasteiger partial charge in [0.1, 0.15) is 5.82 Å². The summed E-state index contributed by atoms with van der Waals surface area (Å²) < 4.78 is 18.4. The Bertz CT molecular complexity index is 513. The van der Waals surface area contributed by atoms with E-state index in [4.69, 9.17) is 4.74 Å². The maximum atomic E-state index is 13.5. The number of amides is 2. The van der Waals surface area contributed by atoms with Gasteiger partial charge in [0.25, 0.3) is 5.91 Å². The minimum Gasteiger partial charge on any atom is -0.450 e. The molecule has 0 unspecified atom stereocenters. The molecule has 2 rings (SSSR count). The van der Waals surface area contributed by atoms with Gasteiger partial charge in [-0.15, -0.1) is 0 Å². The highest BCUT2D eigenvalue weighted by Gasteiger charge is 2.25. The lowest BCUT2D eigenvalue weighted by molar-refractivity contribution is 0.0857. The average molecular weight is 294 g/mol. The van der Waals surface area contributed by atoms with Crippen LogP contribution in [-0.2, 0) is 4.74 Å². The van der Waals surface area contributed by atoms with Gasteiger partial charge in [-0.2, -0.15) is 0 Å². The molecule has 0 aliphatic carbocycles. The number of nitrogens with zero attached hydrogens (tertiary/aromatic N) is 1. The third kappa shape index (κ3) is 3.93. The maximum Gasteiger partial charge on any atom is 0.409 e. The van der Waals surface area contributed by atoms with Crippen LogP contribution in [0.3, 0.4) is 0 Å². The Labute approximate surface area is 123 Å². The molecule has 1 aliphatic rings. The number of piperidine rings is 1. The first kappa shape index (κ1) is 15.3. The van der Waals surface area contributed by atoms with Crippen LogP contribution in [0.1, 0.15) is 30.1 Å². The molecule has 1 fully saturated rings. The number of hydrogen-bond donors (Lipinski definition) is 1. The molecular weight excluding hydrogens is 275 g/mol. The van der Waals surface area contributed by atoms with Crippen molar-refractivity contribution in [3.05, 3.63) is 35.6 Å². The van der Waals surface area contributed by atoms with Crippen LogP contribution in [0.25, 0.3) is 0 Å². The lowest BCUT2D eigenvalue weighted by Crippen LogP contribution is -2.46. The second-order valence-corrected chi connectivity index (χ2v) is 4.91. The molecule has 1 aromatic rings. The Morgan fingerprint density at radius 2 is 2.00 bits per heavy atom. The summed E-state index contributed by atoms with van der Waals surface area (Å²) in [6, 6.07) is 5.84. The first-order valence-corrected chi connectivity index (χ1v) is 7.09. The first-order chi connectivity index (χ1) is 10.1. The monoisotopic (exact) mass is 294 g/mol. The normalized spacial score (nSPS) is 15.6. The molecule has 1 saturated heterocycles. The van der Waals surface area contributed by atoms with Crippen LogP contribution in [0, 0.1) is 5.82 Å². The molecule has 6 heteroatoms.